The Balaban J connectivity index is 0.000000247. The Morgan fingerprint density at radius 1 is 0.743 bits per heavy atom. The van der Waals surface area contributed by atoms with Crippen LogP contribution < -0.4 is 0 Å². The molecule has 2 nitrogen and oxygen atoms in total. The molecule has 0 aliphatic carbocycles. The van der Waals surface area contributed by atoms with E-state index in [0.29, 0.717) is 5.56 Å². The highest BCUT2D eigenvalue weighted by Gasteiger charge is 2.21. The number of alkyl halides is 1. The highest BCUT2D eigenvalue weighted by atomic mass is 79.9. The molecule has 0 saturated heterocycles. The molecule has 0 aliphatic rings. The Kier molecular flexibility index (Phi) is 14.1. The third-order valence-electron chi connectivity index (χ3n) is 6.01. The van der Waals surface area contributed by atoms with E-state index < -0.39 is 0 Å². The van der Waals surface area contributed by atoms with Gasteiger partial charge in [-0.3, -0.25) is 0 Å². The largest absolute Gasteiger partial charge is 0.458 e. The average Bonchev–Trinajstić information content (AvgIpc) is 2.92. The molecule has 0 fully saturated rings. The first-order chi connectivity index (χ1) is 17.1. The molecule has 0 saturated carbocycles. The van der Waals surface area contributed by atoms with Gasteiger partial charge in [-0.25, -0.2) is 4.79 Å². The number of esters is 1. The van der Waals surface area contributed by atoms with Gasteiger partial charge >= 0.3 is 5.97 Å². The van der Waals surface area contributed by atoms with Crippen LogP contribution in [0.5, 0.6) is 0 Å². The van der Waals surface area contributed by atoms with Crippen LogP contribution in [0.25, 0.3) is 11.1 Å². The molecule has 188 valence electrons. The molecule has 0 heterocycles. The molecule has 2 atom stereocenters. The smallest absolute Gasteiger partial charge is 0.338 e. The van der Waals surface area contributed by atoms with Gasteiger partial charge in [0.1, 0.15) is 6.10 Å². The van der Waals surface area contributed by atoms with Crippen molar-refractivity contribution < 1.29 is 9.53 Å². The van der Waals surface area contributed by atoms with Gasteiger partial charge in [0.2, 0.25) is 0 Å². The molecular formula is C32H41BrO2. The zero-order valence-electron chi connectivity index (χ0n) is 21.6. The topological polar surface area (TPSA) is 26.3 Å². The summed E-state index contributed by atoms with van der Waals surface area (Å²) in [7, 11) is 0. The van der Waals surface area contributed by atoms with Crippen LogP contribution in [0.3, 0.4) is 0 Å². The lowest BCUT2D eigenvalue weighted by Crippen LogP contribution is -2.26. The Labute approximate surface area is 221 Å². The van der Waals surface area contributed by atoms with Crippen molar-refractivity contribution in [2.45, 2.75) is 83.1 Å². The Hall–Kier alpha value is -2.39. The zero-order chi connectivity index (χ0) is 25.3. The summed E-state index contributed by atoms with van der Waals surface area (Å²) in [6, 6.07) is 28.7. The van der Waals surface area contributed by atoms with Crippen molar-refractivity contribution in [1.29, 1.82) is 0 Å². The van der Waals surface area contributed by atoms with Crippen molar-refractivity contribution >= 4 is 21.9 Å². The van der Waals surface area contributed by atoms with E-state index in [1.165, 1.54) is 48.8 Å². The molecule has 0 amide bonds. The van der Waals surface area contributed by atoms with Crippen LogP contribution in [-0.4, -0.2) is 16.9 Å². The predicted molar refractivity (Wildman–Crippen MR) is 153 cm³/mol. The van der Waals surface area contributed by atoms with Crippen molar-refractivity contribution in [2.24, 2.45) is 0 Å². The third kappa shape index (κ3) is 10.8. The highest BCUT2D eigenvalue weighted by molar-refractivity contribution is 9.09. The fourth-order valence-electron chi connectivity index (χ4n) is 3.89. The van der Waals surface area contributed by atoms with E-state index in [1.807, 2.05) is 18.2 Å². The second-order valence-corrected chi connectivity index (χ2v) is 10.1. The fraction of sp³-hybridized carbons (Fsp3) is 0.406. The predicted octanol–water partition coefficient (Wildman–Crippen LogP) is 9.66. The van der Waals surface area contributed by atoms with E-state index in [-0.39, 0.29) is 16.9 Å². The number of rotatable bonds is 12. The maximum Gasteiger partial charge on any atom is 0.338 e. The van der Waals surface area contributed by atoms with Gasteiger partial charge in [0.25, 0.3) is 0 Å². The van der Waals surface area contributed by atoms with Crippen molar-refractivity contribution in [3.63, 3.8) is 0 Å². The number of unbranched alkanes of at least 4 members (excludes halogenated alkanes) is 3. The van der Waals surface area contributed by atoms with Gasteiger partial charge in [-0.1, -0.05) is 135 Å². The first kappa shape index (κ1) is 28.8. The lowest BCUT2D eigenvalue weighted by Gasteiger charge is -2.21. The minimum atomic E-state index is -0.234. The number of carbonyl (C=O) groups is 1. The van der Waals surface area contributed by atoms with Crippen LogP contribution in [0, 0.1) is 0 Å². The molecule has 0 N–H and O–H groups in total. The summed E-state index contributed by atoms with van der Waals surface area (Å²) in [6.45, 7) is 6.44. The molecule has 3 heteroatoms. The number of hydrogen-bond donors (Lipinski definition) is 0. The summed E-state index contributed by atoms with van der Waals surface area (Å²) in [6.07, 6.45) is 9.38. The Bertz CT molecular complexity index is 938. The van der Waals surface area contributed by atoms with Gasteiger partial charge < -0.3 is 4.74 Å². The van der Waals surface area contributed by atoms with Crippen LogP contribution in [0.4, 0.5) is 0 Å². The summed E-state index contributed by atoms with van der Waals surface area (Å²) in [5, 5.41) is 0. The molecule has 0 aliphatic heterocycles. The SMILES string of the molecule is CCCC(OC(=O)c1ccccc1)C(Br)CC.CCCCCCc1ccc(-c2ccccc2)cc1. The minimum absolute atomic E-state index is 0.0438. The van der Waals surface area contributed by atoms with Crippen LogP contribution in [0.15, 0.2) is 84.9 Å². The summed E-state index contributed by atoms with van der Waals surface area (Å²) in [4.78, 5) is 12.1. The third-order valence-corrected chi connectivity index (χ3v) is 7.25. The summed E-state index contributed by atoms with van der Waals surface area (Å²) in [5.74, 6) is -0.234. The molecule has 2 unspecified atom stereocenters. The molecule has 3 rings (SSSR count). The number of carbonyl (C=O) groups excluding carboxylic acids is 1. The molecule has 3 aromatic carbocycles. The Morgan fingerprint density at radius 3 is 1.91 bits per heavy atom. The van der Waals surface area contributed by atoms with E-state index in [2.05, 4.69) is 91.3 Å². The average molecular weight is 538 g/mol. The van der Waals surface area contributed by atoms with Crippen molar-refractivity contribution in [1.82, 2.24) is 0 Å². The highest BCUT2D eigenvalue weighted by Crippen LogP contribution is 2.21. The lowest BCUT2D eigenvalue weighted by molar-refractivity contribution is 0.0277. The monoisotopic (exact) mass is 536 g/mol. The number of benzene rings is 3. The molecule has 0 radical (unpaired) electrons. The van der Waals surface area contributed by atoms with Gasteiger partial charge in [0.05, 0.1) is 10.4 Å². The summed E-state index contributed by atoms with van der Waals surface area (Å²) in [5.41, 5.74) is 4.69. The van der Waals surface area contributed by atoms with Crippen molar-refractivity contribution in [2.75, 3.05) is 0 Å². The van der Waals surface area contributed by atoms with E-state index in [4.69, 9.17) is 4.74 Å². The first-order valence-corrected chi connectivity index (χ1v) is 14.0. The lowest BCUT2D eigenvalue weighted by atomic mass is 10.0. The summed E-state index contributed by atoms with van der Waals surface area (Å²) >= 11 is 3.57. The van der Waals surface area contributed by atoms with Crippen molar-refractivity contribution in [3.05, 3.63) is 96.1 Å². The van der Waals surface area contributed by atoms with Gasteiger partial charge in [-0.2, -0.15) is 0 Å². The standard InChI is InChI=1S/C18H22.C14H19BrO2/c1-2-3-4-6-9-16-12-14-18(15-13-16)17-10-7-5-8-11-17;1-3-8-13(12(15)4-2)17-14(16)11-9-6-5-7-10-11/h5,7-8,10-15H,2-4,6,9H2,1H3;5-7,9-10,12-13H,3-4,8H2,1-2H3. The zero-order valence-corrected chi connectivity index (χ0v) is 23.2. The van der Waals surface area contributed by atoms with Crippen LogP contribution in [0.1, 0.15) is 81.6 Å². The first-order valence-electron chi connectivity index (χ1n) is 13.1. The van der Waals surface area contributed by atoms with E-state index in [1.54, 1.807) is 12.1 Å². The maximum absolute atomic E-state index is 11.9. The normalized spacial score (nSPS) is 12.2. The van der Waals surface area contributed by atoms with Crippen LogP contribution in [-0.2, 0) is 11.2 Å². The molecule has 0 bridgehead atoms. The molecular weight excluding hydrogens is 496 g/mol. The van der Waals surface area contributed by atoms with Crippen LogP contribution in [0.2, 0.25) is 0 Å². The van der Waals surface area contributed by atoms with Gasteiger partial charge in [0, 0.05) is 0 Å². The number of ether oxygens (including phenoxy) is 1. The fourth-order valence-corrected chi connectivity index (χ4v) is 4.26. The van der Waals surface area contributed by atoms with Gasteiger partial charge in [-0.05, 0) is 54.5 Å². The van der Waals surface area contributed by atoms with E-state index in [0.717, 1.165) is 19.3 Å². The molecule has 0 aromatic heterocycles. The molecule has 0 spiro atoms. The second-order valence-electron chi connectivity index (χ2n) is 8.90. The molecule has 35 heavy (non-hydrogen) atoms. The summed E-state index contributed by atoms with van der Waals surface area (Å²) < 4.78 is 5.54. The second kappa shape index (κ2) is 17.1. The maximum atomic E-state index is 11.9. The van der Waals surface area contributed by atoms with Crippen LogP contribution >= 0.6 is 15.9 Å². The molecule has 3 aromatic rings. The van der Waals surface area contributed by atoms with Gasteiger partial charge in [0.15, 0.2) is 0 Å². The number of halogens is 1. The van der Waals surface area contributed by atoms with Gasteiger partial charge in [-0.15, -0.1) is 0 Å². The van der Waals surface area contributed by atoms with E-state index >= 15 is 0 Å². The quantitative estimate of drug-likeness (QED) is 0.131. The van der Waals surface area contributed by atoms with E-state index in [9.17, 15) is 4.79 Å². The van der Waals surface area contributed by atoms with Crippen molar-refractivity contribution in [3.8, 4) is 11.1 Å². The minimum Gasteiger partial charge on any atom is -0.458 e. The number of aryl methyl sites for hydroxylation is 1. The Morgan fingerprint density at radius 2 is 1.34 bits per heavy atom. The number of hydrogen-bond acceptors (Lipinski definition) is 2.